The number of benzene rings is 1. The molecule has 0 aliphatic carbocycles. The van der Waals surface area contributed by atoms with Crippen molar-refractivity contribution < 1.29 is 13.2 Å². The third-order valence-electron chi connectivity index (χ3n) is 2.25. The lowest BCUT2D eigenvalue weighted by atomic mass is 10.3. The zero-order valence-electron chi connectivity index (χ0n) is 10.4. The van der Waals surface area contributed by atoms with Crippen molar-refractivity contribution in [1.29, 1.82) is 0 Å². The van der Waals surface area contributed by atoms with Crippen molar-refractivity contribution in [2.45, 2.75) is 0 Å². The fourth-order valence-electron chi connectivity index (χ4n) is 1.46. The van der Waals surface area contributed by atoms with Gasteiger partial charge in [0.2, 0.25) is 10.0 Å². The van der Waals surface area contributed by atoms with E-state index >= 15 is 0 Å². The minimum absolute atomic E-state index is 0.289. The van der Waals surface area contributed by atoms with E-state index in [9.17, 15) is 13.2 Å². The summed E-state index contributed by atoms with van der Waals surface area (Å²) in [6.45, 7) is 0. The summed E-state index contributed by atoms with van der Waals surface area (Å²) in [7, 11) is -3.40. The summed E-state index contributed by atoms with van der Waals surface area (Å²) >= 11 is 5.96. The molecule has 0 radical (unpaired) electrons. The molecular formula is C11H11ClN4O3S. The highest BCUT2D eigenvalue weighted by atomic mass is 35.5. The first-order valence-corrected chi connectivity index (χ1v) is 7.69. The largest absolute Gasteiger partial charge is 0.331 e. The van der Waals surface area contributed by atoms with E-state index in [-0.39, 0.29) is 5.02 Å². The summed E-state index contributed by atoms with van der Waals surface area (Å²) in [6, 6.07) is 3.95. The number of nitrogens with zero attached hydrogens (tertiary/aromatic N) is 2. The highest BCUT2D eigenvalue weighted by Crippen LogP contribution is 2.26. The second-order valence-corrected chi connectivity index (χ2v) is 6.12. The fraction of sp³-hybridized carbons (Fsp3) is 0.0909. The van der Waals surface area contributed by atoms with E-state index in [1.807, 2.05) is 0 Å². The van der Waals surface area contributed by atoms with Crippen LogP contribution in [0.2, 0.25) is 5.02 Å². The normalized spacial score (nSPS) is 11.1. The van der Waals surface area contributed by atoms with Gasteiger partial charge in [-0.15, -0.1) is 0 Å². The molecule has 0 unspecified atom stereocenters. The van der Waals surface area contributed by atoms with Crippen LogP contribution in [0.5, 0.6) is 0 Å². The van der Waals surface area contributed by atoms with Crippen LogP contribution in [0.15, 0.2) is 36.9 Å². The number of amides is 1. The quantitative estimate of drug-likeness (QED) is 0.906. The first-order valence-electron chi connectivity index (χ1n) is 5.42. The van der Waals surface area contributed by atoms with Crippen molar-refractivity contribution in [1.82, 2.24) is 9.55 Å². The SMILES string of the molecule is CS(=O)(=O)Nc1ccc(Cl)c(NC(=O)n2ccnc2)c1. The monoisotopic (exact) mass is 314 g/mol. The zero-order chi connectivity index (χ0) is 14.8. The number of carbonyl (C=O) groups is 1. The van der Waals surface area contributed by atoms with Crippen molar-refractivity contribution in [2.75, 3.05) is 16.3 Å². The molecule has 2 aromatic rings. The van der Waals surface area contributed by atoms with E-state index in [2.05, 4.69) is 15.0 Å². The molecular weight excluding hydrogens is 304 g/mol. The minimum atomic E-state index is -3.40. The molecule has 9 heteroatoms. The van der Waals surface area contributed by atoms with E-state index < -0.39 is 16.1 Å². The Hall–Kier alpha value is -2.06. The topological polar surface area (TPSA) is 93.1 Å². The van der Waals surface area contributed by atoms with E-state index in [1.165, 1.54) is 41.5 Å². The number of anilines is 2. The smallest absolute Gasteiger partial charge is 0.306 e. The van der Waals surface area contributed by atoms with Crippen LogP contribution in [0.1, 0.15) is 0 Å². The molecule has 1 amide bonds. The fourth-order valence-corrected chi connectivity index (χ4v) is 2.18. The van der Waals surface area contributed by atoms with Gasteiger partial charge in [0.1, 0.15) is 6.33 Å². The Morgan fingerprint density at radius 3 is 2.75 bits per heavy atom. The van der Waals surface area contributed by atoms with Crippen molar-refractivity contribution in [3.05, 3.63) is 41.9 Å². The van der Waals surface area contributed by atoms with Crippen molar-refractivity contribution in [3.8, 4) is 0 Å². The Morgan fingerprint density at radius 2 is 2.15 bits per heavy atom. The summed E-state index contributed by atoms with van der Waals surface area (Å²) in [5, 5.41) is 2.85. The summed E-state index contributed by atoms with van der Waals surface area (Å²) in [4.78, 5) is 15.6. The Bertz CT molecular complexity index is 728. The van der Waals surface area contributed by atoms with E-state index in [1.54, 1.807) is 0 Å². The average molecular weight is 315 g/mol. The first-order chi connectivity index (χ1) is 9.35. The van der Waals surface area contributed by atoms with Crippen molar-refractivity contribution in [3.63, 3.8) is 0 Å². The highest BCUT2D eigenvalue weighted by molar-refractivity contribution is 7.92. The summed E-state index contributed by atoms with van der Waals surface area (Å²) in [5.41, 5.74) is 0.594. The Kier molecular flexibility index (Phi) is 3.96. The number of imidazole rings is 1. The molecule has 0 bridgehead atoms. The van der Waals surface area contributed by atoms with Gasteiger partial charge in [0.25, 0.3) is 0 Å². The predicted octanol–water partition coefficient (Wildman–Crippen LogP) is 1.99. The second-order valence-electron chi connectivity index (χ2n) is 3.97. The number of hydrogen-bond donors (Lipinski definition) is 2. The number of hydrogen-bond acceptors (Lipinski definition) is 4. The number of rotatable bonds is 3. The molecule has 0 aliphatic heterocycles. The zero-order valence-corrected chi connectivity index (χ0v) is 11.9. The van der Waals surface area contributed by atoms with Gasteiger partial charge in [-0.3, -0.25) is 9.29 Å². The predicted molar refractivity (Wildman–Crippen MR) is 76.6 cm³/mol. The first kappa shape index (κ1) is 14.4. The third-order valence-corrected chi connectivity index (χ3v) is 3.19. The highest BCUT2D eigenvalue weighted by Gasteiger charge is 2.10. The van der Waals surface area contributed by atoms with Crippen molar-refractivity contribution >= 4 is 39.0 Å². The van der Waals surface area contributed by atoms with Gasteiger partial charge in [-0.2, -0.15) is 0 Å². The average Bonchev–Trinajstić information content (AvgIpc) is 2.85. The van der Waals surface area contributed by atoms with Gasteiger partial charge in [0.05, 0.1) is 22.7 Å². The lowest BCUT2D eigenvalue weighted by Crippen LogP contribution is -2.18. The number of carbonyl (C=O) groups excluding carboxylic acids is 1. The maximum absolute atomic E-state index is 11.8. The molecule has 1 aromatic heterocycles. The molecule has 0 saturated carbocycles. The lowest BCUT2D eigenvalue weighted by molar-refractivity contribution is 0.253. The van der Waals surface area contributed by atoms with Gasteiger partial charge in [0.15, 0.2) is 0 Å². The van der Waals surface area contributed by atoms with E-state index in [0.29, 0.717) is 11.4 Å². The Balaban J connectivity index is 2.23. The van der Waals surface area contributed by atoms with Gasteiger partial charge in [0, 0.05) is 12.4 Å². The maximum atomic E-state index is 11.8. The molecule has 106 valence electrons. The standard InChI is InChI=1S/C11H11ClN4O3S/c1-20(18,19)15-8-2-3-9(12)10(6-8)14-11(17)16-5-4-13-7-16/h2-7,15H,1H3,(H,14,17). The van der Waals surface area contributed by atoms with E-state index in [4.69, 9.17) is 11.6 Å². The molecule has 0 fully saturated rings. The number of sulfonamides is 1. The molecule has 0 saturated heterocycles. The number of halogens is 1. The van der Waals surface area contributed by atoms with Crippen molar-refractivity contribution in [2.24, 2.45) is 0 Å². The summed E-state index contributed by atoms with van der Waals surface area (Å²) in [6.07, 6.45) is 5.30. The maximum Gasteiger partial charge on any atom is 0.331 e. The van der Waals surface area contributed by atoms with Crippen LogP contribution in [0.4, 0.5) is 16.2 Å². The Labute approximate surface area is 120 Å². The molecule has 0 atom stereocenters. The van der Waals surface area contributed by atoms with Crippen LogP contribution in [0.3, 0.4) is 0 Å². The molecule has 1 aromatic carbocycles. The molecule has 1 heterocycles. The van der Waals surface area contributed by atoms with Crippen LogP contribution in [0.25, 0.3) is 0 Å². The molecule has 2 rings (SSSR count). The number of aromatic nitrogens is 2. The van der Waals surface area contributed by atoms with Gasteiger partial charge < -0.3 is 5.32 Å². The molecule has 2 N–H and O–H groups in total. The van der Waals surface area contributed by atoms with Gasteiger partial charge in [-0.1, -0.05) is 11.6 Å². The van der Waals surface area contributed by atoms with Crippen LogP contribution >= 0.6 is 11.6 Å². The number of nitrogens with one attached hydrogen (secondary N) is 2. The van der Waals surface area contributed by atoms with Crippen LogP contribution in [-0.2, 0) is 10.0 Å². The Morgan fingerprint density at radius 1 is 1.40 bits per heavy atom. The molecule has 7 nitrogen and oxygen atoms in total. The van der Waals surface area contributed by atoms with Gasteiger partial charge >= 0.3 is 6.03 Å². The molecule has 0 aliphatic rings. The molecule has 20 heavy (non-hydrogen) atoms. The third kappa shape index (κ3) is 3.72. The van der Waals surface area contributed by atoms with Crippen LogP contribution < -0.4 is 10.0 Å². The van der Waals surface area contributed by atoms with Gasteiger partial charge in [-0.05, 0) is 18.2 Å². The van der Waals surface area contributed by atoms with Crippen LogP contribution in [0, 0.1) is 0 Å². The molecule has 0 spiro atoms. The van der Waals surface area contributed by atoms with Gasteiger partial charge in [-0.25, -0.2) is 18.2 Å². The lowest BCUT2D eigenvalue weighted by Gasteiger charge is -2.10. The minimum Gasteiger partial charge on any atom is -0.306 e. The van der Waals surface area contributed by atoms with Crippen LogP contribution in [-0.4, -0.2) is 30.3 Å². The van der Waals surface area contributed by atoms with E-state index in [0.717, 1.165) is 6.26 Å². The second kappa shape index (κ2) is 5.51. The summed E-state index contributed by atoms with van der Waals surface area (Å²) in [5.74, 6) is 0. The summed E-state index contributed by atoms with van der Waals surface area (Å²) < 4.78 is 25.9.